The van der Waals surface area contributed by atoms with Crippen LogP contribution in [0.2, 0.25) is 0 Å². The average molecular weight is 470 g/mol. The maximum Gasteiger partial charge on any atom is 0.0254 e. The Bertz CT molecular complexity index is 514. The molecule has 0 fully saturated rings. The highest BCUT2D eigenvalue weighted by atomic mass is 79.9. The molecule has 0 amide bonds. The predicted octanol–water partition coefficient (Wildman–Crippen LogP) is 6.40. The van der Waals surface area contributed by atoms with E-state index in [4.69, 9.17) is 0 Å². The molecule has 0 aliphatic carbocycles. The molecule has 0 radical (unpaired) electrons. The molecule has 0 aromatic heterocycles. The summed E-state index contributed by atoms with van der Waals surface area (Å²) in [6.07, 6.45) is 0. The van der Waals surface area contributed by atoms with Crippen LogP contribution in [0.15, 0.2) is 54.3 Å². The van der Waals surface area contributed by atoms with Crippen molar-refractivity contribution in [3.8, 4) is 11.1 Å². The highest BCUT2D eigenvalue weighted by Crippen LogP contribution is 2.34. The molecule has 0 unspecified atom stereocenters. The number of rotatable bonds is 1. The average Bonchev–Trinajstić information content (AvgIpc) is 2.20. The van der Waals surface area contributed by atoms with Crippen molar-refractivity contribution in [2.45, 2.75) is 0 Å². The Kier molecular flexibility index (Phi) is 4.27. The second kappa shape index (κ2) is 5.34. The van der Waals surface area contributed by atoms with Crippen molar-refractivity contribution in [1.82, 2.24) is 0 Å². The molecule has 16 heavy (non-hydrogen) atoms. The Morgan fingerprint density at radius 1 is 0.625 bits per heavy atom. The summed E-state index contributed by atoms with van der Waals surface area (Å²) >= 11 is 14.0. The zero-order valence-corrected chi connectivity index (χ0v) is 14.3. The van der Waals surface area contributed by atoms with E-state index in [1.807, 2.05) is 18.2 Å². The van der Waals surface area contributed by atoms with E-state index in [1.54, 1.807) is 0 Å². The van der Waals surface area contributed by atoms with Gasteiger partial charge in [-0.25, -0.2) is 0 Å². The summed E-state index contributed by atoms with van der Waals surface area (Å²) in [5, 5.41) is 0. The van der Waals surface area contributed by atoms with Crippen LogP contribution in [0.25, 0.3) is 11.1 Å². The summed E-state index contributed by atoms with van der Waals surface area (Å²) in [4.78, 5) is 0. The summed E-state index contributed by atoms with van der Waals surface area (Å²) < 4.78 is 4.27. The molecule has 2 aromatic rings. The number of halogens is 4. The van der Waals surface area contributed by atoms with E-state index in [0.717, 1.165) is 29.0 Å². The molecule has 0 aliphatic heterocycles. The Labute approximate surface area is 128 Å². The van der Waals surface area contributed by atoms with Gasteiger partial charge in [-0.05, 0) is 47.5 Å². The second-order valence-electron chi connectivity index (χ2n) is 3.28. The molecule has 0 aliphatic rings. The highest BCUT2D eigenvalue weighted by Gasteiger charge is 2.05. The summed E-state index contributed by atoms with van der Waals surface area (Å²) in [7, 11) is 0. The second-order valence-corrected chi connectivity index (χ2v) is 6.88. The van der Waals surface area contributed by atoms with E-state index >= 15 is 0 Å². The van der Waals surface area contributed by atoms with Crippen molar-refractivity contribution < 1.29 is 0 Å². The lowest BCUT2D eigenvalue weighted by molar-refractivity contribution is 1.53. The van der Waals surface area contributed by atoms with Gasteiger partial charge in [0.1, 0.15) is 0 Å². The van der Waals surface area contributed by atoms with Crippen LogP contribution in [0.4, 0.5) is 0 Å². The van der Waals surface area contributed by atoms with Crippen LogP contribution in [0.1, 0.15) is 0 Å². The largest absolute Gasteiger partial charge is 0.0508 e. The first-order valence-electron chi connectivity index (χ1n) is 4.48. The molecule has 2 aromatic carbocycles. The lowest BCUT2D eigenvalue weighted by atomic mass is 10.1. The zero-order valence-electron chi connectivity index (χ0n) is 7.98. The standard InChI is InChI=1S/C12H6Br4/c13-8-1-2-12(16)11(6-8)7-3-9(14)5-10(15)4-7/h1-6H. The van der Waals surface area contributed by atoms with Crippen LogP contribution < -0.4 is 0 Å². The Morgan fingerprint density at radius 2 is 1.25 bits per heavy atom. The van der Waals surface area contributed by atoms with Crippen LogP contribution in [0, 0.1) is 0 Å². The molecule has 0 atom stereocenters. The highest BCUT2D eigenvalue weighted by molar-refractivity contribution is 9.11. The van der Waals surface area contributed by atoms with E-state index in [-0.39, 0.29) is 0 Å². The SMILES string of the molecule is Brc1cc(Br)cc(-c2cc(Br)ccc2Br)c1. The third-order valence-corrected chi connectivity index (χ3v) is 4.20. The minimum atomic E-state index is 1.06. The molecule has 0 spiro atoms. The van der Waals surface area contributed by atoms with Crippen LogP contribution >= 0.6 is 63.7 Å². The first-order chi connectivity index (χ1) is 7.56. The minimum Gasteiger partial charge on any atom is -0.0508 e. The van der Waals surface area contributed by atoms with Gasteiger partial charge in [0.15, 0.2) is 0 Å². The molecule has 0 bridgehead atoms. The van der Waals surface area contributed by atoms with Gasteiger partial charge in [-0.1, -0.05) is 63.7 Å². The van der Waals surface area contributed by atoms with Crippen LogP contribution in [-0.4, -0.2) is 0 Å². The quantitative estimate of drug-likeness (QED) is 0.453. The first-order valence-corrected chi connectivity index (χ1v) is 7.65. The Balaban J connectivity index is 2.62. The molecular formula is C12H6Br4. The van der Waals surface area contributed by atoms with E-state index in [9.17, 15) is 0 Å². The summed E-state index contributed by atoms with van der Waals surface area (Å²) in [6.45, 7) is 0. The normalized spacial score (nSPS) is 10.5. The van der Waals surface area contributed by atoms with Crippen molar-refractivity contribution in [2.75, 3.05) is 0 Å². The van der Waals surface area contributed by atoms with Gasteiger partial charge in [0.2, 0.25) is 0 Å². The molecule has 82 valence electrons. The fourth-order valence-corrected chi connectivity index (χ4v) is 3.56. The van der Waals surface area contributed by atoms with Gasteiger partial charge in [0.05, 0.1) is 0 Å². The number of hydrogen-bond donors (Lipinski definition) is 0. The minimum absolute atomic E-state index is 1.06. The fourth-order valence-electron chi connectivity index (χ4n) is 1.43. The Morgan fingerprint density at radius 3 is 1.88 bits per heavy atom. The lowest BCUT2D eigenvalue weighted by Gasteiger charge is -2.07. The molecule has 4 heteroatoms. The van der Waals surface area contributed by atoms with E-state index in [2.05, 4.69) is 81.9 Å². The monoisotopic (exact) mass is 466 g/mol. The number of hydrogen-bond acceptors (Lipinski definition) is 0. The van der Waals surface area contributed by atoms with Crippen LogP contribution in [0.3, 0.4) is 0 Å². The molecule has 0 N–H and O–H groups in total. The van der Waals surface area contributed by atoms with Crippen molar-refractivity contribution >= 4 is 63.7 Å². The summed E-state index contributed by atoms with van der Waals surface area (Å²) in [6, 6.07) is 12.4. The van der Waals surface area contributed by atoms with Crippen molar-refractivity contribution in [2.24, 2.45) is 0 Å². The fraction of sp³-hybridized carbons (Fsp3) is 0. The summed E-state index contributed by atoms with van der Waals surface area (Å²) in [5.41, 5.74) is 2.32. The lowest BCUT2D eigenvalue weighted by Crippen LogP contribution is -1.81. The molecule has 0 saturated heterocycles. The Hall–Kier alpha value is 0.360. The smallest absolute Gasteiger partial charge is 0.0254 e. The van der Waals surface area contributed by atoms with Gasteiger partial charge in [-0.2, -0.15) is 0 Å². The maximum atomic E-state index is 3.56. The molecule has 0 saturated carbocycles. The van der Waals surface area contributed by atoms with Gasteiger partial charge in [-0.3, -0.25) is 0 Å². The number of benzene rings is 2. The third-order valence-electron chi connectivity index (χ3n) is 2.10. The van der Waals surface area contributed by atoms with Crippen molar-refractivity contribution in [1.29, 1.82) is 0 Å². The molecule has 2 rings (SSSR count). The van der Waals surface area contributed by atoms with Gasteiger partial charge in [-0.15, -0.1) is 0 Å². The maximum absolute atomic E-state index is 3.56. The van der Waals surface area contributed by atoms with E-state index in [0.29, 0.717) is 0 Å². The van der Waals surface area contributed by atoms with Gasteiger partial charge >= 0.3 is 0 Å². The van der Waals surface area contributed by atoms with E-state index < -0.39 is 0 Å². The first kappa shape index (κ1) is 12.8. The predicted molar refractivity (Wildman–Crippen MR) is 82.7 cm³/mol. The molecular weight excluding hydrogens is 464 g/mol. The van der Waals surface area contributed by atoms with Crippen molar-refractivity contribution in [3.05, 3.63) is 54.3 Å². The van der Waals surface area contributed by atoms with Gasteiger partial charge < -0.3 is 0 Å². The third kappa shape index (κ3) is 2.97. The van der Waals surface area contributed by atoms with Crippen LogP contribution in [0.5, 0.6) is 0 Å². The van der Waals surface area contributed by atoms with Crippen LogP contribution in [-0.2, 0) is 0 Å². The van der Waals surface area contributed by atoms with Gasteiger partial charge in [0, 0.05) is 17.9 Å². The zero-order chi connectivity index (χ0) is 11.7. The molecule has 0 heterocycles. The molecule has 0 nitrogen and oxygen atoms in total. The topological polar surface area (TPSA) is 0 Å². The van der Waals surface area contributed by atoms with Gasteiger partial charge in [0.25, 0.3) is 0 Å². The summed E-state index contributed by atoms with van der Waals surface area (Å²) in [5.74, 6) is 0. The van der Waals surface area contributed by atoms with E-state index in [1.165, 1.54) is 0 Å². The van der Waals surface area contributed by atoms with Crippen molar-refractivity contribution in [3.63, 3.8) is 0 Å².